The number of fused-ring (bicyclic) bond motifs is 3. The molecule has 2 bridgehead atoms. The summed E-state index contributed by atoms with van der Waals surface area (Å²) in [5.74, 6) is -0.0451. The lowest BCUT2D eigenvalue weighted by Gasteiger charge is -2.51. The Hall–Kier alpha value is -1.05. The molecule has 0 saturated heterocycles. The molecule has 0 aromatic heterocycles. The van der Waals surface area contributed by atoms with Gasteiger partial charge in [-0.25, -0.2) is 0 Å². The normalized spacial score (nSPS) is 28.8. The van der Waals surface area contributed by atoms with E-state index in [4.69, 9.17) is 14.2 Å². The lowest BCUT2D eigenvalue weighted by molar-refractivity contribution is -0.148. The van der Waals surface area contributed by atoms with E-state index in [9.17, 15) is 14.0 Å². The summed E-state index contributed by atoms with van der Waals surface area (Å²) in [6.07, 6.45) is 3.97. The van der Waals surface area contributed by atoms with Gasteiger partial charge in [-0.3, -0.25) is 9.59 Å². The van der Waals surface area contributed by atoms with Crippen molar-refractivity contribution in [1.29, 1.82) is 0 Å². The zero-order chi connectivity index (χ0) is 17.5. The van der Waals surface area contributed by atoms with E-state index in [-0.39, 0.29) is 11.4 Å². The van der Waals surface area contributed by atoms with Gasteiger partial charge in [-0.2, -0.15) is 4.39 Å². The molecule has 1 N–H and O–H groups in total. The maximum atomic E-state index is 13.2. The summed E-state index contributed by atoms with van der Waals surface area (Å²) in [6.45, 7) is 2.37. The molecule has 0 aromatic rings. The van der Waals surface area contributed by atoms with Crippen LogP contribution >= 0.6 is 0 Å². The van der Waals surface area contributed by atoms with Crippen molar-refractivity contribution in [2.75, 3.05) is 40.1 Å². The molecule has 0 heterocycles. The Labute approximate surface area is 142 Å². The van der Waals surface area contributed by atoms with Crippen LogP contribution in [0.5, 0.6) is 0 Å². The molecule has 0 spiro atoms. The molecule has 3 rings (SSSR count). The first-order valence-electron chi connectivity index (χ1n) is 8.67. The summed E-state index contributed by atoms with van der Waals surface area (Å²) < 4.78 is 28.7. The van der Waals surface area contributed by atoms with Crippen LogP contribution in [0.1, 0.15) is 44.9 Å². The zero-order valence-corrected chi connectivity index (χ0v) is 14.4. The van der Waals surface area contributed by atoms with Crippen molar-refractivity contribution in [2.24, 2.45) is 5.41 Å². The van der Waals surface area contributed by atoms with Gasteiger partial charge in [-0.1, -0.05) is 0 Å². The fourth-order valence-corrected chi connectivity index (χ4v) is 3.66. The Morgan fingerprint density at radius 2 is 1.46 bits per heavy atom. The largest absolute Gasteiger partial charge is 0.382 e. The lowest BCUT2D eigenvalue weighted by atomic mass is 9.57. The van der Waals surface area contributed by atoms with E-state index in [1.807, 2.05) is 0 Å². The number of hydrogen-bond donors (Lipinski definition) is 1. The molecule has 138 valence electrons. The number of rotatable bonds is 11. The third-order valence-electron chi connectivity index (χ3n) is 5.35. The van der Waals surface area contributed by atoms with Gasteiger partial charge in [0.05, 0.1) is 38.4 Å². The van der Waals surface area contributed by atoms with Crippen LogP contribution in [0, 0.1) is 5.41 Å². The van der Waals surface area contributed by atoms with Crippen LogP contribution in [-0.4, -0.2) is 57.6 Å². The molecule has 0 atom stereocenters. The van der Waals surface area contributed by atoms with E-state index in [1.54, 1.807) is 7.11 Å². The summed E-state index contributed by atoms with van der Waals surface area (Å²) >= 11 is 0. The van der Waals surface area contributed by atoms with Crippen LogP contribution in [0.3, 0.4) is 0 Å². The van der Waals surface area contributed by atoms with Crippen molar-refractivity contribution < 1.29 is 28.2 Å². The maximum absolute atomic E-state index is 13.2. The van der Waals surface area contributed by atoms with Crippen molar-refractivity contribution in [3.8, 4) is 0 Å². The van der Waals surface area contributed by atoms with Gasteiger partial charge < -0.3 is 19.5 Å². The van der Waals surface area contributed by atoms with Gasteiger partial charge in [-0.15, -0.1) is 0 Å². The number of ether oxygens (including phenoxy) is 3. The van der Waals surface area contributed by atoms with Crippen LogP contribution in [-0.2, 0) is 23.8 Å². The van der Waals surface area contributed by atoms with Crippen molar-refractivity contribution in [1.82, 2.24) is 5.32 Å². The van der Waals surface area contributed by atoms with E-state index >= 15 is 0 Å². The summed E-state index contributed by atoms with van der Waals surface area (Å²) in [4.78, 5) is 23.3. The zero-order valence-electron chi connectivity index (χ0n) is 14.4. The van der Waals surface area contributed by atoms with Crippen molar-refractivity contribution in [3.63, 3.8) is 0 Å². The molecular weight excluding hydrogens is 317 g/mol. The maximum Gasteiger partial charge on any atom is 0.307 e. The summed E-state index contributed by atoms with van der Waals surface area (Å²) in [7, 11) is 1.62. The molecule has 0 radical (unpaired) electrons. The van der Waals surface area contributed by atoms with E-state index in [0.29, 0.717) is 78.0 Å². The van der Waals surface area contributed by atoms with E-state index in [0.717, 1.165) is 0 Å². The lowest BCUT2D eigenvalue weighted by Crippen LogP contribution is -2.58. The predicted octanol–water partition coefficient (Wildman–Crippen LogP) is 1.76. The molecule has 3 saturated carbocycles. The highest BCUT2D eigenvalue weighted by atomic mass is 19.1. The van der Waals surface area contributed by atoms with E-state index in [2.05, 4.69) is 5.32 Å². The summed E-state index contributed by atoms with van der Waals surface area (Å²) in [6, 6.07) is -1.18. The molecule has 24 heavy (non-hydrogen) atoms. The standard InChI is InChI=1S/C17H28FNO5/c1-22-10-11-24-13-12-23-9-2-14(20)19-17-6-3-16(4-7-17,5-8-17)15(18)21/h2-13H2,1H3,(H,19,20). The molecule has 0 aromatic carbocycles. The first-order chi connectivity index (χ1) is 11.5. The molecule has 3 fully saturated rings. The highest BCUT2D eigenvalue weighted by Crippen LogP contribution is 2.52. The molecule has 3 aliphatic carbocycles. The van der Waals surface area contributed by atoms with Crippen LogP contribution < -0.4 is 5.32 Å². The fraction of sp³-hybridized carbons (Fsp3) is 0.882. The number of hydrogen-bond acceptors (Lipinski definition) is 5. The number of amides is 1. The number of carbonyl (C=O) groups is 2. The SMILES string of the molecule is COCCOCCOCCC(=O)NC12CCC(C(=O)F)(CC1)CC2. The average Bonchev–Trinajstić information content (AvgIpc) is 2.58. The Kier molecular flexibility index (Phi) is 7.13. The smallest absolute Gasteiger partial charge is 0.307 e. The molecule has 7 heteroatoms. The molecule has 0 aliphatic heterocycles. The van der Waals surface area contributed by atoms with Gasteiger partial charge >= 0.3 is 6.04 Å². The Balaban J connectivity index is 1.59. The van der Waals surface area contributed by atoms with Crippen molar-refractivity contribution in [2.45, 2.75) is 50.5 Å². The van der Waals surface area contributed by atoms with Gasteiger partial charge in [0.25, 0.3) is 0 Å². The Bertz CT molecular complexity index is 418. The van der Waals surface area contributed by atoms with Crippen LogP contribution in [0.2, 0.25) is 0 Å². The third-order valence-corrected chi connectivity index (χ3v) is 5.35. The van der Waals surface area contributed by atoms with Gasteiger partial charge in [-0.05, 0) is 38.5 Å². The molecule has 1 amide bonds. The minimum absolute atomic E-state index is 0.0451. The minimum Gasteiger partial charge on any atom is -0.382 e. The summed E-state index contributed by atoms with van der Waals surface area (Å²) in [5, 5.41) is 3.09. The quantitative estimate of drug-likeness (QED) is 0.456. The summed E-state index contributed by atoms with van der Waals surface area (Å²) in [5.41, 5.74) is -1.02. The number of nitrogens with one attached hydrogen (secondary N) is 1. The van der Waals surface area contributed by atoms with Crippen LogP contribution in [0.15, 0.2) is 0 Å². The minimum atomic E-state index is -1.18. The Morgan fingerprint density at radius 1 is 0.917 bits per heavy atom. The number of halogens is 1. The fourth-order valence-electron chi connectivity index (χ4n) is 3.66. The van der Waals surface area contributed by atoms with Crippen LogP contribution in [0.25, 0.3) is 0 Å². The topological polar surface area (TPSA) is 73.9 Å². The Morgan fingerprint density at radius 3 is 2.00 bits per heavy atom. The third kappa shape index (κ3) is 4.97. The van der Waals surface area contributed by atoms with E-state index in [1.165, 1.54) is 0 Å². The van der Waals surface area contributed by atoms with Gasteiger partial charge in [0, 0.05) is 19.1 Å². The van der Waals surface area contributed by atoms with Crippen molar-refractivity contribution >= 4 is 11.9 Å². The van der Waals surface area contributed by atoms with Gasteiger partial charge in [0.2, 0.25) is 5.91 Å². The monoisotopic (exact) mass is 345 g/mol. The second kappa shape index (κ2) is 8.87. The molecule has 6 nitrogen and oxygen atoms in total. The molecule has 0 unspecified atom stereocenters. The highest BCUT2D eigenvalue weighted by Gasteiger charge is 2.53. The van der Waals surface area contributed by atoms with Gasteiger partial charge in [0.1, 0.15) is 0 Å². The highest BCUT2D eigenvalue weighted by molar-refractivity contribution is 5.78. The van der Waals surface area contributed by atoms with Crippen LogP contribution in [0.4, 0.5) is 4.39 Å². The first-order valence-corrected chi connectivity index (χ1v) is 8.67. The average molecular weight is 345 g/mol. The predicted molar refractivity (Wildman–Crippen MR) is 85.3 cm³/mol. The number of carbonyl (C=O) groups excluding carboxylic acids is 2. The molecular formula is C17H28FNO5. The molecule has 3 aliphatic rings. The van der Waals surface area contributed by atoms with E-state index < -0.39 is 11.5 Å². The van der Waals surface area contributed by atoms with Gasteiger partial charge in [0.15, 0.2) is 0 Å². The first kappa shape index (κ1) is 19.3. The van der Waals surface area contributed by atoms with Crippen molar-refractivity contribution in [3.05, 3.63) is 0 Å². The number of methoxy groups -OCH3 is 1. The second-order valence-electron chi connectivity index (χ2n) is 6.85. The second-order valence-corrected chi connectivity index (χ2v) is 6.85.